The number of halogens is 2. The molecule has 3 nitrogen and oxygen atoms in total. The highest BCUT2D eigenvalue weighted by Gasteiger charge is 2.11. The maximum Gasteiger partial charge on any atom is 0.0863 e. The average Bonchev–Trinajstić information content (AvgIpc) is 2.45. The van der Waals surface area contributed by atoms with Gasteiger partial charge in [-0.25, -0.2) is 0 Å². The van der Waals surface area contributed by atoms with Crippen LogP contribution in [0.15, 0.2) is 0 Å². The van der Waals surface area contributed by atoms with Crippen molar-refractivity contribution in [3.8, 4) is 0 Å². The van der Waals surface area contributed by atoms with Crippen LogP contribution in [0.2, 0.25) is 5.02 Å². The minimum Gasteiger partial charge on any atom is -0.310 e. The lowest BCUT2D eigenvalue weighted by atomic mass is 10.3. The molecule has 1 heterocycles. The fourth-order valence-electron chi connectivity index (χ4n) is 1.29. The molecule has 0 fully saturated rings. The third-order valence-corrected chi connectivity index (χ3v) is 2.90. The molecule has 0 aromatic carbocycles. The van der Waals surface area contributed by atoms with Crippen molar-refractivity contribution in [3.05, 3.63) is 16.4 Å². The predicted octanol–water partition coefficient (Wildman–Crippen LogP) is 2.12. The van der Waals surface area contributed by atoms with Gasteiger partial charge in [0.1, 0.15) is 0 Å². The summed E-state index contributed by atoms with van der Waals surface area (Å²) in [4.78, 5) is 0. The van der Waals surface area contributed by atoms with Gasteiger partial charge in [-0.05, 0) is 6.42 Å². The summed E-state index contributed by atoms with van der Waals surface area (Å²) in [6.45, 7) is 3.76. The Bertz CT molecular complexity index is 298. The van der Waals surface area contributed by atoms with E-state index in [0.717, 1.165) is 41.3 Å². The zero-order valence-corrected chi connectivity index (χ0v) is 10.8. The van der Waals surface area contributed by atoms with E-state index in [2.05, 4.69) is 33.3 Å². The Morgan fingerprint density at radius 3 is 2.79 bits per heavy atom. The van der Waals surface area contributed by atoms with Crippen molar-refractivity contribution in [1.29, 1.82) is 0 Å². The normalized spacial score (nSPS) is 10.9. The first-order valence-electron chi connectivity index (χ1n) is 4.67. The van der Waals surface area contributed by atoms with Gasteiger partial charge in [-0.3, -0.25) is 4.68 Å². The SMILES string of the molecule is CCc1nn(C)c(CNCCBr)c1Cl. The second-order valence-electron chi connectivity index (χ2n) is 3.05. The third-order valence-electron chi connectivity index (χ3n) is 2.07. The molecule has 0 amide bonds. The van der Waals surface area contributed by atoms with E-state index >= 15 is 0 Å². The van der Waals surface area contributed by atoms with Crippen LogP contribution in [0.4, 0.5) is 0 Å². The number of hydrogen-bond acceptors (Lipinski definition) is 2. The molecule has 1 N–H and O–H groups in total. The van der Waals surface area contributed by atoms with Crippen molar-refractivity contribution >= 4 is 27.5 Å². The summed E-state index contributed by atoms with van der Waals surface area (Å²) >= 11 is 9.53. The van der Waals surface area contributed by atoms with Gasteiger partial charge in [0.25, 0.3) is 0 Å². The molecule has 5 heteroatoms. The van der Waals surface area contributed by atoms with Crippen LogP contribution < -0.4 is 5.32 Å². The molecule has 80 valence electrons. The molecule has 0 aliphatic rings. The Morgan fingerprint density at radius 2 is 2.29 bits per heavy atom. The van der Waals surface area contributed by atoms with Crippen molar-refractivity contribution in [1.82, 2.24) is 15.1 Å². The zero-order chi connectivity index (χ0) is 10.6. The van der Waals surface area contributed by atoms with Crippen LogP contribution in [0.1, 0.15) is 18.3 Å². The largest absolute Gasteiger partial charge is 0.310 e. The van der Waals surface area contributed by atoms with Gasteiger partial charge in [0.2, 0.25) is 0 Å². The zero-order valence-electron chi connectivity index (χ0n) is 8.48. The number of aromatic nitrogens is 2. The Kier molecular flexibility index (Phi) is 4.92. The molecular weight excluding hydrogens is 265 g/mol. The number of aryl methyl sites for hydroxylation is 2. The molecule has 0 spiro atoms. The molecule has 0 saturated heterocycles. The van der Waals surface area contributed by atoms with Crippen molar-refractivity contribution in [3.63, 3.8) is 0 Å². The molecular formula is C9H15BrClN3. The monoisotopic (exact) mass is 279 g/mol. The maximum atomic E-state index is 6.17. The van der Waals surface area contributed by atoms with Crippen molar-refractivity contribution in [2.45, 2.75) is 19.9 Å². The van der Waals surface area contributed by atoms with Gasteiger partial charge in [-0.1, -0.05) is 34.5 Å². The van der Waals surface area contributed by atoms with Crippen LogP contribution in [0.3, 0.4) is 0 Å². The standard InChI is InChI=1S/C9H15BrClN3/c1-3-7-9(11)8(14(2)13-7)6-12-5-4-10/h12H,3-6H2,1-2H3. The molecule has 14 heavy (non-hydrogen) atoms. The molecule has 0 unspecified atom stereocenters. The van der Waals surface area contributed by atoms with Crippen LogP contribution in [-0.4, -0.2) is 21.7 Å². The van der Waals surface area contributed by atoms with Crippen LogP contribution in [0.5, 0.6) is 0 Å². The Labute approximate surface area is 97.9 Å². The number of alkyl halides is 1. The highest BCUT2D eigenvalue weighted by atomic mass is 79.9. The topological polar surface area (TPSA) is 29.9 Å². The molecule has 0 saturated carbocycles. The quantitative estimate of drug-likeness (QED) is 0.661. The molecule has 0 atom stereocenters. The Morgan fingerprint density at radius 1 is 1.57 bits per heavy atom. The van der Waals surface area contributed by atoms with Gasteiger partial charge in [-0.2, -0.15) is 5.10 Å². The Hall–Kier alpha value is -0.0600. The van der Waals surface area contributed by atoms with E-state index in [1.807, 2.05) is 11.7 Å². The summed E-state index contributed by atoms with van der Waals surface area (Å²) in [6, 6.07) is 0. The van der Waals surface area contributed by atoms with E-state index in [9.17, 15) is 0 Å². The van der Waals surface area contributed by atoms with E-state index < -0.39 is 0 Å². The fraction of sp³-hybridized carbons (Fsp3) is 0.667. The predicted molar refractivity (Wildman–Crippen MR) is 63.1 cm³/mol. The van der Waals surface area contributed by atoms with Gasteiger partial charge in [0.15, 0.2) is 0 Å². The second kappa shape index (κ2) is 5.73. The van der Waals surface area contributed by atoms with E-state index in [4.69, 9.17) is 11.6 Å². The first-order valence-corrected chi connectivity index (χ1v) is 6.17. The van der Waals surface area contributed by atoms with E-state index in [1.54, 1.807) is 0 Å². The molecule has 1 rings (SSSR count). The van der Waals surface area contributed by atoms with Gasteiger partial charge in [0, 0.05) is 25.5 Å². The highest BCUT2D eigenvalue weighted by molar-refractivity contribution is 9.09. The molecule has 0 bridgehead atoms. The van der Waals surface area contributed by atoms with Crippen LogP contribution in [0.25, 0.3) is 0 Å². The average molecular weight is 281 g/mol. The molecule has 0 aliphatic heterocycles. The summed E-state index contributed by atoms with van der Waals surface area (Å²) < 4.78 is 1.85. The van der Waals surface area contributed by atoms with Gasteiger partial charge < -0.3 is 5.32 Å². The van der Waals surface area contributed by atoms with Gasteiger partial charge in [-0.15, -0.1) is 0 Å². The van der Waals surface area contributed by atoms with Crippen LogP contribution in [-0.2, 0) is 20.0 Å². The summed E-state index contributed by atoms with van der Waals surface area (Å²) in [5.41, 5.74) is 2.04. The number of hydrogen-bond donors (Lipinski definition) is 1. The lowest BCUT2D eigenvalue weighted by Gasteiger charge is -2.03. The summed E-state index contributed by atoms with van der Waals surface area (Å²) in [6.07, 6.45) is 0.880. The van der Waals surface area contributed by atoms with Crippen molar-refractivity contribution in [2.24, 2.45) is 7.05 Å². The smallest absolute Gasteiger partial charge is 0.0863 e. The molecule has 1 aromatic rings. The summed E-state index contributed by atoms with van der Waals surface area (Å²) in [5.74, 6) is 0. The van der Waals surface area contributed by atoms with E-state index in [-0.39, 0.29) is 0 Å². The molecule has 1 aromatic heterocycles. The third kappa shape index (κ3) is 2.72. The highest BCUT2D eigenvalue weighted by Crippen LogP contribution is 2.20. The molecule has 0 aliphatic carbocycles. The van der Waals surface area contributed by atoms with Gasteiger partial charge in [0.05, 0.1) is 16.4 Å². The summed E-state index contributed by atoms with van der Waals surface area (Å²) in [5, 5.41) is 9.37. The number of rotatable bonds is 5. The van der Waals surface area contributed by atoms with Crippen molar-refractivity contribution in [2.75, 3.05) is 11.9 Å². The number of nitrogens with zero attached hydrogens (tertiary/aromatic N) is 2. The number of nitrogens with one attached hydrogen (secondary N) is 1. The fourth-order valence-corrected chi connectivity index (χ4v) is 1.93. The first kappa shape index (κ1) is 12.0. The lowest BCUT2D eigenvalue weighted by Crippen LogP contribution is -2.17. The van der Waals surface area contributed by atoms with E-state index in [0.29, 0.717) is 0 Å². The maximum absolute atomic E-state index is 6.17. The van der Waals surface area contributed by atoms with E-state index in [1.165, 1.54) is 0 Å². The van der Waals surface area contributed by atoms with Crippen LogP contribution >= 0.6 is 27.5 Å². The summed E-state index contributed by atoms with van der Waals surface area (Å²) in [7, 11) is 1.93. The first-order chi connectivity index (χ1) is 6.70. The lowest BCUT2D eigenvalue weighted by molar-refractivity contribution is 0.642. The van der Waals surface area contributed by atoms with Crippen LogP contribution in [0, 0.1) is 0 Å². The second-order valence-corrected chi connectivity index (χ2v) is 4.22. The minimum atomic E-state index is 0.772. The minimum absolute atomic E-state index is 0.772. The van der Waals surface area contributed by atoms with Gasteiger partial charge >= 0.3 is 0 Å². The molecule has 0 radical (unpaired) electrons. The van der Waals surface area contributed by atoms with Crippen molar-refractivity contribution < 1.29 is 0 Å². The Balaban J connectivity index is 2.70.